The lowest BCUT2D eigenvalue weighted by atomic mass is 9.66. The highest BCUT2D eigenvalue weighted by molar-refractivity contribution is 6.39. The number of anilines is 2. The van der Waals surface area contributed by atoms with Gasteiger partial charge in [-0.3, -0.25) is 9.78 Å². The molecule has 5 N–H and O–H groups in total. The number of likely N-dealkylation sites (tertiary alicyclic amines) is 1. The van der Waals surface area contributed by atoms with Crippen molar-refractivity contribution in [2.24, 2.45) is 5.41 Å². The van der Waals surface area contributed by atoms with Crippen LogP contribution in [-0.2, 0) is 17.9 Å². The molecule has 0 spiro atoms. The van der Waals surface area contributed by atoms with Gasteiger partial charge in [-0.2, -0.15) is 0 Å². The Morgan fingerprint density at radius 2 is 1.65 bits per heavy atom. The third-order valence-corrected chi connectivity index (χ3v) is 10.7. The van der Waals surface area contributed by atoms with Crippen molar-refractivity contribution in [3.63, 3.8) is 0 Å². The first-order chi connectivity index (χ1) is 24.6. The second-order valence-corrected chi connectivity index (χ2v) is 14.0. The van der Waals surface area contributed by atoms with E-state index in [1.165, 1.54) is 0 Å². The molecule has 1 saturated heterocycles. The second kappa shape index (κ2) is 16.2. The number of carbonyl (C=O) groups is 1. The van der Waals surface area contributed by atoms with E-state index in [1.807, 2.05) is 17.0 Å². The van der Waals surface area contributed by atoms with E-state index in [4.69, 9.17) is 32.9 Å². The summed E-state index contributed by atoms with van der Waals surface area (Å²) in [4.78, 5) is 27.0. The Hall–Kier alpha value is -3.91. The van der Waals surface area contributed by atoms with Crippen LogP contribution >= 0.6 is 23.2 Å². The van der Waals surface area contributed by atoms with Crippen molar-refractivity contribution < 1.29 is 24.1 Å². The molecule has 6 rings (SSSR count). The largest absolute Gasteiger partial charge is 0.481 e. The predicted octanol–water partition coefficient (Wildman–Crippen LogP) is 5.73. The number of hydrogen-bond acceptors (Lipinski definition) is 10. The number of hydrogen-bond donors (Lipinski definition) is 5. The Bertz CT molecular complexity index is 1860. The maximum atomic E-state index is 15.7. The van der Waals surface area contributed by atoms with Gasteiger partial charge in [-0.25, -0.2) is 14.4 Å². The average molecular weight is 739 g/mol. The van der Waals surface area contributed by atoms with Gasteiger partial charge >= 0.3 is 0 Å². The number of ether oxygens (including phenoxy) is 1. The number of nitrogens with zero attached hydrogens (tertiary/aromatic N) is 4. The first-order valence-electron chi connectivity index (χ1n) is 17.0. The normalized spacial score (nSPS) is 16.2. The summed E-state index contributed by atoms with van der Waals surface area (Å²) >= 11 is 13.9. The molecular weight excluding hydrogens is 696 g/mol. The maximum absolute atomic E-state index is 15.7. The quantitative estimate of drug-likeness (QED) is 0.115. The van der Waals surface area contributed by atoms with E-state index in [0.29, 0.717) is 88.7 Å². The molecule has 1 aliphatic heterocycles. The second-order valence-electron chi connectivity index (χ2n) is 13.3. The van der Waals surface area contributed by atoms with Gasteiger partial charge < -0.3 is 35.8 Å². The number of aromatic nitrogens is 3. The number of nitrogens with one attached hydrogen (secondary N) is 3. The van der Waals surface area contributed by atoms with Crippen LogP contribution in [0.4, 0.5) is 15.9 Å². The minimum absolute atomic E-state index is 0.0326. The molecule has 1 amide bonds. The summed E-state index contributed by atoms with van der Waals surface area (Å²) < 4.78 is 21.3. The Labute approximate surface area is 306 Å². The van der Waals surface area contributed by atoms with Crippen molar-refractivity contribution in [2.45, 2.75) is 57.8 Å². The topological polar surface area (TPSA) is 145 Å². The van der Waals surface area contributed by atoms with E-state index >= 15 is 4.39 Å². The predicted molar refractivity (Wildman–Crippen MR) is 196 cm³/mol. The number of aliphatic hydroxyl groups excluding tert-OH is 2. The zero-order chi connectivity index (χ0) is 36.1. The minimum Gasteiger partial charge on any atom is -0.481 e. The fourth-order valence-electron chi connectivity index (χ4n) is 6.75. The molecule has 4 heterocycles. The van der Waals surface area contributed by atoms with Crippen LogP contribution in [0.3, 0.4) is 0 Å². The van der Waals surface area contributed by atoms with Gasteiger partial charge in [0.05, 0.1) is 47.4 Å². The summed E-state index contributed by atoms with van der Waals surface area (Å²) in [7, 11) is 1.56. The van der Waals surface area contributed by atoms with E-state index in [2.05, 4.69) is 25.9 Å². The van der Waals surface area contributed by atoms with E-state index in [1.54, 1.807) is 56.8 Å². The molecule has 1 aliphatic carbocycles. The molecule has 2 fully saturated rings. The van der Waals surface area contributed by atoms with E-state index in [0.717, 1.165) is 18.4 Å². The highest BCUT2D eigenvalue weighted by Gasteiger charge is 2.43. The van der Waals surface area contributed by atoms with E-state index < -0.39 is 11.2 Å². The highest BCUT2D eigenvalue weighted by Crippen LogP contribution is 2.42. The van der Waals surface area contributed by atoms with Crippen molar-refractivity contribution in [3.8, 4) is 28.4 Å². The summed E-state index contributed by atoms with van der Waals surface area (Å²) in [5.41, 5.74) is 3.52. The van der Waals surface area contributed by atoms with Crippen LogP contribution in [0, 0.1) is 11.2 Å². The number of halogens is 3. The van der Waals surface area contributed by atoms with Crippen molar-refractivity contribution in [2.75, 3.05) is 38.7 Å². The zero-order valence-electron chi connectivity index (χ0n) is 28.6. The number of rotatable bonds is 13. The van der Waals surface area contributed by atoms with Gasteiger partial charge in [0, 0.05) is 85.2 Å². The third kappa shape index (κ3) is 8.11. The molecule has 51 heavy (non-hydrogen) atoms. The van der Waals surface area contributed by atoms with Gasteiger partial charge in [-0.1, -0.05) is 41.4 Å². The average Bonchev–Trinajstić information content (AvgIpc) is 3.13. The maximum Gasteiger partial charge on any atom is 0.219 e. The monoisotopic (exact) mass is 737 g/mol. The fraction of sp³-hybridized carbons (Fsp3) is 0.405. The lowest BCUT2D eigenvalue weighted by molar-refractivity contribution is -0.129. The van der Waals surface area contributed by atoms with Crippen LogP contribution in [-0.4, -0.2) is 81.5 Å². The summed E-state index contributed by atoms with van der Waals surface area (Å²) in [6, 6.07) is 12.9. The summed E-state index contributed by atoms with van der Waals surface area (Å²) in [6.07, 6.45) is 6.19. The van der Waals surface area contributed by atoms with E-state index in [9.17, 15) is 15.0 Å². The molecular formula is C37H42Cl2FN7O4. The molecule has 0 atom stereocenters. The summed E-state index contributed by atoms with van der Waals surface area (Å²) in [5.74, 6) is 0.0722. The van der Waals surface area contributed by atoms with Crippen LogP contribution in [0.5, 0.6) is 5.88 Å². The van der Waals surface area contributed by atoms with E-state index in [-0.39, 0.29) is 37.0 Å². The van der Waals surface area contributed by atoms with Crippen LogP contribution in [0.1, 0.15) is 43.7 Å². The van der Waals surface area contributed by atoms with Crippen LogP contribution in [0.25, 0.3) is 22.5 Å². The molecule has 11 nitrogen and oxygen atoms in total. The lowest BCUT2D eigenvalue weighted by Gasteiger charge is -2.45. The first kappa shape index (κ1) is 36.9. The number of benzene rings is 1. The highest BCUT2D eigenvalue weighted by atomic mass is 35.5. The molecule has 4 aromatic rings. The summed E-state index contributed by atoms with van der Waals surface area (Å²) in [5, 5.41) is 29.7. The zero-order valence-corrected chi connectivity index (χ0v) is 30.1. The molecule has 14 heteroatoms. The molecule has 1 aromatic carbocycles. The molecule has 0 radical (unpaired) electrons. The summed E-state index contributed by atoms with van der Waals surface area (Å²) in [6.45, 7) is 3.71. The Balaban J connectivity index is 1.16. The van der Waals surface area contributed by atoms with Crippen molar-refractivity contribution in [3.05, 3.63) is 81.8 Å². The number of carbonyl (C=O) groups excluding carboxylic acids is 1. The van der Waals surface area contributed by atoms with Crippen molar-refractivity contribution >= 4 is 40.6 Å². The van der Waals surface area contributed by atoms with Crippen LogP contribution in [0.15, 0.2) is 54.9 Å². The third-order valence-electron chi connectivity index (χ3n) is 9.91. The Morgan fingerprint density at radius 1 is 0.941 bits per heavy atom. The van der Waals surface area contributed by atoms with Crippen LogP contribution in [0.2, 0.25) is 10.0 Å². The molecule has 2 aliphatic rings. The van der Waals surface area contributed by atoms with Crippen molar-refractivity contribution in [1.82, 2.24) is 30.5 Å². The molecule has 0 unspecified atom stereocenters. The SMILES string of the molecule is COc1nc(-c2ccnc(-c3cccc(Nc4nccc(CNC5CCN(C(C)=O)CC5)c4F)c3Cl)c2Cl)ccc1CNC1CC(CO)(CO)C1. The number of piperidine rings is 1. The standard InChI is InChI=1S/C37H42Cl2FN7O4/c1-22(50)47-14-10-25(11-15-47)43-18-23-8-12-42-35(33(23)40)45-30-5-3-4-28(31(30)38)34-32(39)27(9-13-41-34)29-7-6-24(36(46-29)51-2)19-44-26-16-37(17-26,20-48)21-49/h3-9,12-13,25-26,43-44,48-49H,10-11,14-21H2,1-2H3,(H,42,45). The van der Waals surface area contributed by atoms with Gasteiger partial charge in [0.2, 0.25) is 11.8 Å². The lowest BCUT2D eigenvalue weighted by Crippen LogP contribution is -2.52. The fourth-order valence-corrected chi connectivity index (χ4v) is 7.32. The number of aliphatic hydroxyl groups is 2. The van der Waals surface area contributed by atoms with Gasteiger partial charge in [0.25, 0.3) is 0 Å². The molecule has 270 valence electrons. The molecule has 0 bridgehead atoms. The number of pyridine rings is 3. The van der Waals surface area contributed by atoms with Gasteiger partial charge in [-0.15, -0.1) is 0 Å². The van der Waals surface area contributed by atoms with Gasteiger partial charge in [0.1, 0.15) is 0 Å². The molecule has 1 saturated carbocycles. The Morgan fingerprint density at radius 3 is 2.35 bits per heavy atom. The van der Waals surface area contributed by atoms with Gasteiger partial charge in [0.15, 0.2) is 11.6 Å². The smallest absolute Gasteiger partial charge is 0.219 e. The molecule has 3 aromatic heterocycles. The minimum atomic E-state index is -0.486. The number of methoxy groups -OCH3 is 1. The first-order valence-corrected chi connectivity index (χ1v) is 17.7. The number of amides is 1. The van der Waals surface area contributed by atoms with Crippen molar-refractivity contribution in [1.29, 1.82) is 0 Å². The van der Waals surface area contributed by atoms with Crippen LogP contribution < -0.4 is 20.7 Å². The Kier molecular flexibility index (Phi) is 11.7. The van der Waals surface area contributed by atoms with Gasteiger partial charge in [-0.05, 0) is 49.9 Å².